The fraction of sp³-hybridized carbons (Fsp3) is 0.188. The van der Waals surface area contributed by atoms with Crippen LogP contribution in [0.5, 0.6) is 0 Å². The molecule has 2 aromatic rings. The van der Waals surface area contributed by atoms with Crippen LogP contribution in [0.3, 0.4) is 0 Å². The molecule has 0 aromatic heterocycles. The maximum atomic E-state index is 11.3. The van der Waals surface area contributed by atoms with Crippen LogP contribution in [0.1, 0.15) is 21.5 Å². The minimum Gasteiger partial charge on any atom is -0.465 e. The van der Waals surface area contributed by atoms with Crippen molar-refractivity contribution in [1.29, 1.82) is 0 Å². The van der Waals surface area contributed by atoms with Crippen molar-refractivity contribution < 1.29 is 9.53 Å². The van der Waals surface area contributed by atoms with Gasteiger partial charge >= 0.3 is 5.97 Å². The molecule has 0 aliphatic carbocycles. The number of rotatable bonds is 2. The second kappa shape index (κ2) is 5.05. The topological polar surface area (TPSA) is 26.3 Å². The van der Waals surface area contributed by atoms with Gasteiger partial charge in [-0.15, -0.1) is 0 Å². The first-order chi connectivity index (χ1) is 8.61. The molecule has 0 spiro atoms. The Morgan fingerprint density at radius 1 is 0.889 bits per heavy atom. The number of carbonyl (C=O) groups is 1. The van der Waals surface area contributed by atoms with Crippen molar-refractivity contribution >= 4 is 5.97 Å². The fourth-order valence-electron chi connectivity index (χ4n) is 1.84. The standard InChI is InChI=1S/C16H16O2/c1-11-4-5-15(10-12(11)2)13-6-8-14(9-7-13)16(17)18-3/h4-10H,1-3H3. The number of methoxy groups -OCH3 is 1. The molecule has 0 aliphatic rings. The van der Waals surface area contributed by atoms with Crippen molar-refractivity contribution in [2.24, 2.45) is 0 Å². The van der Waals surface area contributed by atoms with Gasteiger partial charge in [0.05, 0.1) is 12.7 Å². The van der Waals surface area contributed by atoms with Gasteiger partial charge in [0.25, 0.3) is 0 Å². The van der Waals surface area contributed by atoms with Crippen molar-refractivity contribution in [3.63, 3.8) is 0 Å². The fourth-order valence-corrected chi connectivity index (χ4v) is 1.84. The van der Waals surface area contributed by atoms with E-state index in [4.69, 9.17) is 0 Å². The summed E-state index contributed by atoms with van der Waals surface area (Å²) in [5.74, 6) is -0.304. The van der Waals surface area contributed by atoms with Crippen LogP contribution in [0.15, 0.2) is 42.5 Å². The van der Waals surface area contributed by atoms with E-state index in [-0.39, 0.29) is 5.97 Å². The molecule has 2 aromatic carbocycles. The third-order valence-corrected chi connectivity index (χ3v) is 3.15. The van der Waals surface area contributed by atoms with Gasteiger partial charge in [0.1, 0.15) is 0 Å². The Bertz CT molecular complexity index is 568. The number of hydrogen-bond donors (Lipinski definition) is 0. The maximum Gasteiger partial charge on any atom is 0.337 e. The monoisotopic (exact) mass is 240 g/mol. The summed E-state index contributed by atoms with van der Waals surface area (Å²) in [4.78, 5) is 11.3. The third-order valence-electron chi connectivity index (χ3n) is 3.15. The van der Waals surface area contributed by atoms with Crippen molar-refractivity contribution in [3.8, 4) is 11.1 Å². The lowest BCUT2D eigenvalue weighted by Crippen LogP contribution is -2.00. The van der Waals surface area contributed by atoms with E-state index in [9.17, 15) is 4.79 Å². The average molecular weight is 240 g/mol. The van der Waals surface area contributed by atoms with Crippen LogP contribution in [-0.4, -0.2) is 13.1 Å². The molecule has 0 radical (unpaired) electrons. The van der Waals surface area contributed by atoms with Crippen LogP contribution in [-0.2, 0) is 4.74 Å². The lowest BCUT2D eigenvalue weighted by atomic mass is 10.00. The summed E-state index contributed by atoms with van der Waals surface area (Å²) >= 11 is 0. The largest absolute Gasteiger partial charge is 0.465 e. The molecular weight excluding hydrogens is 224 g/mol. The second-order valence-corrected chi connectivity index (χ2v) is 4.37. The summed E-state index contributed by atoms with van der Waals surface area (Å²) < 4.78 is 4.68. The number of esters is 1. The molecule has 0 heterocycles. The molecule has 92 valence electrons. The van der Waals surface area contributed by atoms with E-state index in [0.717, 1.165) is 11.1 Å². The Kier molecular flexibility index (Phi) is 3.47. The molecule has 2 rings (SSSR count). The highest BCUT2D eigenvalue weighted by Gasteiger charge is 2.05. The summed E-state index contributed by atoms with van der Waals surface area (Å²) in [6, 6.07) is 13.8. The molecule has 0 saturated carbocycles. The van der Waals surface area contributed by atoms with E-state index < -0.39 is 0 Å². The molecule has 18 heavy (non-hydrogen) atoms. The van der Waals surface area contributed by atoms with E-state index >= 15 is 0 Å². The zero-order chi connectivity index (χ0) is 13.1. The highest BCUT2D eigenvalue weighted by molar-refractivity contribution is 5.89. The highest BCUT2D eigenvalue weighted by Crippen LogP contribution is 2.22. The zero-order valence-corrected chi connectivity index (χ0v) is 10.9. The number of benzene rings is 2. The van der Waals surface area contributed by atoms with Gasteiger partial charge in [-0.25, -0.2) is 4.79 Å². The van der Waals surface area contributed by atoms with Crippen LogP contribution in [0.4, 0.5) is 0 Å². The molecule has 0 fully saturated rings. The SMILES string of the molecule is COC(=O)c1ccc(-c2ccc(C)c(C)c2)cc1. The van der Waals surface area contributed by atoms with Crippen LogP contribution < -0.4 is 0 Å². The Morgan fingerprint density at radius 2 is 1.50 bits per heavy atom. The molecule has 2 nitrogen and oxygen atoms in total. The van der Waals surface area contributed by atoms with Gasteiger partial charge in [-0.3, -0.25) is 0 Å². The maximum absolute atomic E-state index is 11.3. The first-order valence-corrected chi connectivity index (χ1v) is 5.88. The van der Waals surface area contributed by atoms with Gasteiger partial charge < -0.3 is 4.74 Å². The molecule has 2 heteroatoms. The minimum atomic E-state index is -0.304. The average Bonchev–Trinajstić information content (AvgIpc) is 2.41. The smallest absolute Gasteiger partial charge is 0.337 e. The molecule has 0 atom stereocenters. The molecule has 0 N–H and O–H groups in total. The van der Waals surface area contributed by atoms with E-state index in [0.29, 0.717) is 5.56 Å². The summed E-state index contributed by atoms with van der Waals surface area (Å²) in [7, 11) is 1.39. The quantitative estimate of drug-likeness (QED) is 0.747. The number of aryl methyl sites for hydroxylation is 2. The van der Waals surface area contributed by atoms with Gasteiger partial charge in [0, 0.05) is 0 Å². The normalized spacial score (nSPS) is 10.2. The van der Waals surface area contributed by atoms with Crippen molar-refractivity contribution in [2.75, 3.05) is 7.11 Å². The van der Waals surface area contributed by atoms with Gasteiger partial charge in [-0.2, -0.15) is 0 Å². The third kappa shape index (κ3) is 2.43. The predicted octanol–water partition coefficient (Wildman–Crippen LogP) is 3.76. The van der Waals surface area contributed by atoms with Gasteiger partial charge in [-0.1, -0.05) is 30.3 Å². The van der Waals surface area contributed by atoms with Crippen molar-refractivity contribution in [1.82, 2.24) is 0 Å². The lowest BCUT2D eigenvalue weighted by molar-refractivity contribution is 0.0601. The Morgan fingerprint density at radius 3 is 2.06 bits per heavy atom. The summed E-state index contributed by atoms with van der Waals surface area (Å²) in [5, 5.41) is 0. The van der Waals surface area contributed by atoms with Gasteiger partial charge in [0.15, 0.2) is 0 Å². The van der Waals surface area contributed by atoms with Gasteiger partial charge in [0.2, 0.25) is 0 Å². The van der Waals surface area contributed by atoms with Crippen LogP contribution in [0.2, 0.25) is 0 Å². The van der Waals surface area contributed by atoms with Crippen molar-refractivity contribution in [3.05, 3.63) is 59.2 Å². The minimum absolute atomic E-state index is 0.304. The molecule has 0 aliphatic heterocycles. The lowest BCUT2D eigenvalue weighted by Gasteiger charge is -2.06. The van der Waals surface area contributed by atoms with E-state index in [1.807, 2.05) is 12.1 Å². The van der Waals surface area contributed by atoms with Crippen LogP contribution in [0.25, 0.3) is 11.1 Å². The Labute approximate surface area is 107 Å². The molecule has 0 unspecified atom stereocenters. The second-order valence-electron chi connectivity index (χ2n) is 4.37. The number of hydrogen-bond acceptors (Lipinski definition) is 2. The number of ether oxygens (including phenoxy) is 1. The summed E-state index contributed by atoms with van der Waals surface area (Å²) in [6.45, 7) is 4.20. The molecule has 0 amide bonds. The zero-order valence-electron chi connectivity index (χ0n) is 10.9. The first-order valence-electron chi connectivity index (χ1n) is 5.88. The highest BCUT2D eigenvalue weighted by atomic mass is 16.5. The first kappa shape index (κ1) is 12.4. The Balaban J connectivity index is 2.34. The van der Waals surface area contributed by atoms with E-state index in [1.165, 1.54) is 18.2 Å². The van der Waals surface area contributed by atoms with Crippen LogP contribution >= 0.6 is 0 Å². The summed E-state index contributed by atoms with van der Waals surface area (Å²) in [5.41, 5.74) is 5.39. The van der Waals surface area contributed by atoms with E-state index in [2.05, 4.69) is 36.8 Å². The predicted molar refractivity (Wildman–Crippen MR) is 72.7 cm³/mol. The molecular formula is C16H16O2. The molecule has 0 bridgehead atoms. The Hall–Kier alpha value is -2.09. The van der Waals surface area contributed by atoms with Crippen LogP contribution in [0, 0.1) is 13.8 Å². The number of carbonyl (C=O) groups excluding carboxylic acids is 1. The van der Waals surface area contributed by atoms with E-state index in [1.54, 1.807) is 12.1 Å². The van der Waals surface area contributed by atoms with Gasteiger partial charge in [-0.05, 0) is 48.2 Å². The van der Waals surface area contributed by atoms with Crippen molar-refractivity contribution in [2.45, 2.75) is 13.8 Å². The molecule has 0 saturated heterocycles. The summed E-state index contributed by atoms with van der Waals surface area (Å²) in [6.07, 6.45) is 0.